The Labute approximate surface area is 191 Å². The summed E-state index contributed by atoms with van der Waals surface area (Å²) in [7, 11) is 0. The highest BCUT2D eigenvalue weighted by Gasteiger charge is 2.11. The Kier molecular flexibility index (Phi) is 10.0. The maximum Gasteiger partial charge on any atom is 0.340 e. The van der Waals surface area contributed by atoms with Crippen LogP contribution in [0.3, 0.4) is 0 Å². The van der Waals surface area contributed by atoms with Crippen LogP contribution >= 0.6 is 0 Å². The molecule has 9 heteroatoms. The lowest BCUT2D eigenvalue weighted by molar-refractivity contribution is 0.0152. The molecular formula is C24H26N2O7. The van der Waals surface area contributed by atoms with Crippen molar-refractivity contribution >= 4 is 23.3 Å². The SMILES string of the molecule is Nc1ccccc1C(=O)OCCOCCOC(=O)c1ccccc1N.Oc1ccc(O)cc1. The molecule has 0 radical (unpaired) electrons. The highest BCUT2D eigenvalue weighted by molar-refractivity contribution is 5.95. The fourth-order valence-corrected chi connectivity index (χ4v) is 2.46. The van der Waals surface area contributed by atoms with Crippen LogP contribution in [0.15, 0.2) is 72.8 Å². The molecule has 0 aliphatic heterocycles. The number of phenolic OH excluding ortho intramolecular Hbond substituents is 2. The minimum absolute atomic E-state index is 0.0761. The van der Waals surface area contributed by atoms with Gasteiger partial charge in [-0.3, -0.25) is 0 Å². The fraction of sp³-hybridized carbons (Fsp3) is 0.167. The number of nitrogen functional groups attached to an aromatic ring is 2. The maximum absolute atomic E-state index is 11.8. The number of ether oxygens (including phenoxy) is 3. The Bertz CT molecular complexity index is 956. The molecule has 0 fully saturated rings. The molecule has 0 aromatic heterocycles. The summed E-state index contributed by atoms with van der Waals surface area (Å²) in [6.45, 7) is 0.520. The van der Waals surface area contributed by atoms with Gasteiger partial charge in [-0.2, -0.15) is 0 Å². The highest BCUT2D eigenvalue weighted by Crippen LogP contribution is 2.14. The maximum atomic E-state index is 11.8. The normalized spacial score (nSPS) is 9.94. The number of anilines is 2. The molecule has 174 valence electrons. The second-order valence-corrected chi connectivity index (χ2v) is 6.58. The van der Waals surface area contributed by atoms with Crippen LogP contribution in [0.2, 0.25) is 0 Å². The summed E-state index contributed by atoms with van der Waals surface area (Å²) in [5.41, 5.74) is 12.7. The molecule has 0 heterocycles. The molecular weight excluding hydrogens is 428 g/mol. The molecule has 3 aromatic rings. The van der Waals surface area contributed by atoms with E-state index >= 15 is 0 Å². The number of phenols is 2. The van der Waals surface area contributed by atoms with Gasteiger partial charge in [0.05, 0.1) is 24.3 Å². The average Bonchev–Trinajstić information content (AvgIpc) is 2.81. The number of nitrogens with two attached hydrogens (primary N) is 2. The van der Waals surface area contributed by atoms with E-state index in [1.165, 1.54) is 24.3 Å². The Morgan fingerprint density at radius 2 is 0.970 bits per heavy atom. The molecule has 33 heavy (non-hydrogen) atoms. The summed E-state index contributed by atoms with van der Waals surface area (Å²) in [6, 6.07) is 19.0. The first-order chi connectivity index (χ1) is 15.9. The lowest BCUT2D eigenvalue weighted by Crippen LogP contribution is -2.15. The molecule has 0 spiro atoms. The molecule has 0 unspecified atom stereocenters. The number of para-hydroxylation sites is 2. The van der Waals surface area contributed by atoms with E-state index in [0.29, 0.717) is 22.5 Å². The standard InChI is InChI=1S/C18H20N2O5.C6H6O2/c19-15-7-3-1-5-13(15)17(21)24-11-9-23-10-12-25-18(22)14-6-2-4-8-16(14)20;7-5-1-2-6(8)4-3-5/h1-8H,9-12,19-20H2;1-4,7-8H. The first-order valence-corrected chi connectivity index (χ1v) is 9.97. The predicted octanol–water partition coefficient (Wildman–Crippen LogP) is 2.98. The van der Waals surface area contributed by atoms with Crippen molar-refractivity contribution < 1.29 is 34.0 Å². The van der Waals surface area contributed by atoms with E-state index in [-0.39, 0.29) is 37.9 Å². The number of esters is 2. The van der Waals surface area contributed by atoms with Gasteiger partial charge in [0.1, 0.15) is 24.7 Å². The molecule has 0 aliphatic carbocycles. The lowest BCUT2D eigenvalue weighted by atomic mass is 10.2. The summed E-state index contributed by atoms with van der Waals surface area (Å²) in [6.07, 6.45) is 0. The van der Waals surface area contributed by atoms with Gasteiger partial charge in [0, 0.05) is 11.4 Å². The molecule has 0 atom stereocenters. The van der Waals surface area contributed by atoms with Gasteiger partial charge >= 0.3 is 11.9 Å². The van der Waals surface area contributed by atoms with Crippen molar-refractivity contribution in [1.82, 2.24) is 0 Å². The van der Waals surface area contributed by atoms with Gasteiger partial charge in [0.15, 0.2) is 0 Å². The van der Waals surface area contributed by atoms with Crippen LogP contribution in [0.5, 0.6) is 11.5 Å². The number of benzene rings is 3. The molecule has 0 saturated carbocycles. The monoisotopic (exact) mass is 454 g/mol. The van der Waals surface area contributed by atoms with Gasteiger partial charge in [-0.1, -0.05) is 24.3 Å². The van der Waals surface area contributed by atoms with E-state index in [1.807, 2.05) is 0 Å². The van der Waals surface area contributed by atoms with Crippen LogP contribution in [-0.2, 0) is 14.2 Å². The van der Waals surface area contributed by atoms with Crippen molar-refractivity contribution in [1.29, 1.82) is 0 Å². The van der Waals surface area contributed by atoms with Gasteiger partial charge in [-0.05, 0) is 48.5 Å². The van der Waals surface area contributed by atoms with E-state index in [1.54, 1.807) is 48.5 Å². The second-order valence-electron chi connectivity index (χ2n) is 6.58. The zero-order valence-corrected chi connectivity index (χ0v) is 17.8. The van der Waals surface area contributed by atoms with Crippen molar-refractivity contribution in [2.75, 3.05) is 37.9 Å². The average molecular weight is 454 g/mol. The summed E-state index contributed by atoms with van der Waals surface area (Å²) >= 11 is 0. The molecule has 3 rings (SSSR count). The smallest absolute Gasteiger partial charge is 0.340 e. The number of hydrogen-bond donors (Lipinski definition) is 4. The van der Waals surface area contributed by atoms with Crippen LogP contribution in [-0.4, -0.2) is 48.6 Å². The summed E-state index contributed by atoms with van der Waals surface area (Å²) in [5, 5.41) is 17.3. The van der Waals surface area contributed by atoms with Crippen LogP contribution in [0, 0.1) is 0 Å². The van der Waals surface area contributed by atoms with E-state index in [0.717, 1.165) is 0 Å². The third-order valence-electron chi connectivity index (χ3n) is 4.13. The Morgan fingerprint density at radius 1 is 0.606 bits per heavy atom. The van der Waals surface area contributed by atoms with Gasteiger partial charge in [-0.25, -0.2) is 9.59 Å². The van der Waals surface area contributed by atoms with E-state index < -0.39 is 11.9 Å². The fourth-order valence-electron chi connectivity index (χ4n) is 2.46. The van der Waals surface area contributed by atoms with Crippen molar-refractivity contribution in [3.05, 3.63) is 83.9 Å². The molecule has 6 N–H and O–H groups in total. The lowest BCUT2D eigenvalue weighted by Gasteiger charge is -2.09. The third kappa shape index (κ3) is 8.80. The Balaban J connectivity index is 0.000000405. The minimum atomic E-state index is -0.507. The molecule has 0 bridgehead atoms. The first kappa shape index (κ1) is 25.0. The van der Waals surface area contributed by atoms with Crippen LogP contribution in [0.4, 0.5) is 11.4 Å². The van der Waals surface area contributed by atoms with Crippen molar-refractivity contribution in [3.8, 4) is 11.5 Å². The van der Waals surface area contributed by atoms with Gasteiger partial charge < -0.3 is 35.9 Å². The largest absolute Gasteiger partial charge is 0.508 e. The zero-order chi connectivity index (χ0) is 24.1. The number of aromatic hydroxyl groups is 2. The van der Waals surface area contributed by atoms with Crippen LogP contribution in [0.1, 0.15) is 20.7 Å². The zero-order valence-electron chi connectivity index (χ0n) is 17.8. The summed E-state index contributed by atoms with van der Waals surface area (Å²) in [5.74, 6) is -0.675. The van der Waals surface area contributed by atoms with E-state index in [4.69, 9.17) is 35.9 Å². The minimum Gasteiger partial charge on any atom is -0.508 e. The summed E-state index contributed by atoms with van der Waals surface area (Å²) in [4.78, 5) is 23.6. The van der Waals surface area contributed by atoms with Gasteiger partial charge in [-0.15, -0.1) is 0 Å². The van der Waals surface area contributed by atoms with Crippen molar-refractivity contribution in [2.24, 2.45) is 0 Å². The van der Waals surface area contributed by atoms with Crippen LogP contribution in [0.25, 0.3) is 0 Å². The quantitative estimate of drug-likeness (QED) is 0.174. The molecule has 3 aromatic carbocycles. The number of carbonyl (C=O) groups excluding carboxylic acids is 2. The van der Waals surface area contributed by atoms with E-state index in [9.17, 15) is 9.59 Å². The summed E-state index contributed by atoms with van der Waals surface area (Å²) < 4.78 is 15.4. The third-order valence-corrected chi connectivity index (χ3v) is 4.13. The first-order valence-electron chi connectivity index (χ1n) is 9.97. The van der Waals surface area contributed by atoms with Gasteiger partial charge in [0.25, 0.3) is 0 Å². The van der Waals surface area contributed by atoms with Crippen molar-refractivity contribution in [3.63, 3.8) is 0 Å². The molecule has 9 nitrogen and oxygen atoms in total. The number of carbonyl (C=O) groups is 2. The Hall–Kier alpha value is -4.24. The number of hydrogen-bond acceptors (Lipinski definition) is 9. The second kappa shape index (κ2) is 13.2. The number of rotatable bonds is 8. The predicted molar refractivity (Wildman–Crippen MR) is 123 cm³/mol. The molecule has 0 saturated heterocycles. The van der Waals surface area contributed by atoms with Crippen LogP contribution < -0.4 is 11.5 Å². The topological polar surface area (TPSA) is 154 Å². The molecule has 0 amide bonds. The Morgan fingerprint density at radius 3 is 1.33 bits per heavy atom. The van der Waals surface area contributed by atoms with Gasteiger partial charge in [0.2, 0.25) is 0 Å². The molecule has 0 aliphatic rings. The van der Waals surface area contributed by atoms with Crippen molar-refractivity contribution in [2.45, 2.75) is 0 Å². The highest BCUT2D eigenvalue weighted by atomic mass is 16.6. The van der Waals surface area contributed by atoms with E-state index in [2.05, 4.69) is 0 Å².